The van der Waals surface area contributed by atoms with Gasteiger partial charge in [-0.3, -0.25) is 0 Å². The predicted octanol–water partition coefficient (Wildman–Crippen LogP) is 3.18. The Morgan fingerprint density at radius 1 is 1.26 bits per heavy atom. The number of amides is 1. The van der Waals surface area contributed by atoms with E-state index in [9.17, 15) is 4.79 Å². The smallest absolute Gasteiger partial charge is 0.410 e. The van der Waals surface area contributed by atoms with Crippen LogP contribution in [0.1, 0.15) is 60.8 Å². The van der Waals surface area contributed by atoms with Crippen LogP contribution in [0.5, 0.6) is 0 Å². The van der Waals surface area contributed by atoms with E-state index in [4.69, 9.17) is 9.47 Å². The molecule has 0 spiro atoms. The van der Waals surface area contributed by atoms with E-state index in [0.29, 0.717) is 30.2 Å². The summed E-state index contributed by atoms with van der Waals surface area (Å²) >= 11 is 0. The van der Waals surface area contributed by atoms with Crippen molar-refractivity contribution in [3.05, 3.63) is 0 Å². The molecule has 2 unspecified atom stereocenters. The first-order chi connectivity index (χ1) is 10.6. The van der Waals surface area contributed by atoms with Crippen molar-refractivity contribution in [3.63, 3.8) is 0 Å². The van der Waals surface area contributed by atoms with Crippen molar-refractivity contribution in [1.82, 2.24) is 10.2 Å². The first-order valence-corrected chi connectivity index (χ1v) is 9.02. The highest BCUT2D eigenvalue weighted by Gasteiger charge is 2.35. The standard InChI is InChI=1S/C18H34N2O3/c1-12(19-16-8-13(2)22-14(3)9-16)7-15-10-20(11-15)17(21)23-18(4,5)6/h12-16,19H,7-11H2,1-6H3/t12?,13-,14+,16?. The molecule has 0 aromatic carbocycles. The molecule has 0 aromatic rings. The van der Waals surface area contributed by atoms with E-state index in [0.717, 1.165) is 32.4 Å². The second kappa shape index (κ2) is 7.39. The van der Waals surface area contributed by atoms with Gasteiger partial charge >= 0.3 is 6.09 Å². The van der Waals surface area contributed by atoms with Crippen LogP contribution in [-0.2, 0) is 9.47 Å². The zero-order valence-corrected chi connectivity index (χ0v) is 15.6. The van der Waals surface area contributed by atoms with Crippen LogP contribution in [-0.4, -0.2) is 54.0 Å². The maximum absolute atomic E-state index is 11.9. The summed E-state index contributed by atoms with van der Waals surface area (Å²) in [4.78, 5) is 13.7. The Balaban J connectivity index is 1.66. The molecule has 5 heteroatoms. The van der Waals surface area contributed by atoms with Crippen LogP contribution in [0.2, 0.25) is 0 Å². The number of carbonyl (C=O) groups excluding carboxylic acids is 1. The Morgan fingerprint density at radius 3 is 2.35 bits per heavy atom. The van der Waals surface area contributed by atoms with Crippen LogP contribution < -0.4 is 5.32 Å². The molecule has 2 rings (SSSR count). The van der Waals surface area contributed by atoms with Crippen LogP contribution in [0.15, 0.2) is 0 Å². The Hall–Kier alpha value is -0.810. The molecule has 23 heavy (non-hydrogen) atoms. The Bertz CT molecular complexity index is 392. The van der Waals surface area contributed by atoms with E-state index >= 15 is 0 Å². The third-order valence-corrected chi connectivity index (χ3v) is 4.51. The largest absolute Gasteiger partial charge is 0.444 e. The molecule has 0 aliphatic carbocycles. The average Bonchev–Trinajstić information content (AvgIpc) is 2.29. The second-order valence-electron chi connectivity index (χ2n) is 8.48. The molecule has 0 aromatic heterocycles. The SMILES string of the molecule is CC(CC1CN(C(=O)OC(C)(C)C)C1)NC1C[C@@H](C)O[C@@H](C)C1. The van der Waals surface area contributed by atoms with Crippen molar-refractivity contribution in [3.8, 4) is 0 Å². The molecule has 2 fully saturated rings. The van der Waals surface area contributed by atoms with E-state index in [-0.39, 0.29) is 6.09 Å². The molecule has 134 valence electrons. The van der Waals surface area contributed by atoms with Crippen LogP contribution in [0.3, 0.4) is 0 Å². The number of hydrogen-bond donors (Lipinski definition) is 1. The summed E-state index contributed by atoms with van der Waals surface area (Å²) in [6.45, 7) is 13.9. The first-order valence-electron chi connectivity index (χ1n) is 9.02. The van der Waals surface area contributed by atoms with E-state index in [1.165, 1.54) is 0 Å². The molecule has 0 bridgehead atoms. The molecular weight excluding hydrogens is 292 g/mol. The van der Waals surface area contributed by atoms with E-state index in [1.54, 1.807) is 4.90 Å². The van der Waals surface area contributed by atoms with Crippen molar-refractivity contribution < 1.29 is 14.3 Å². The minimum Gasteiger partial charge on any atom is -0.444 e. The Labute approximate surface area is 141 Å². The maximum Gasteiger partial charge on any atom is 0.410 e. The van der Waals surface area contributed by atoms with Crippen molar-refractivity contribution >= 4 is 6.09 Å². The number of likely N-dealkylation sites (tertiary alicyclic amines) is 1. The summed E-state index contributed by atoms with van der Waals surface area (Å²) in [7, 11) is 0. The average molecular weight is 326 g/mol. The molecule has 1 N–H and O–H groups in total. The number of ether oxygens (including phenoxy) is 2. The van der Waals surface area contributed by atoms with Gasteiger partial charge in [0.15, 0.2) is 0 Å². The van der Waals surface area contributed by atoms with Crippen LogP contribution in [0.25, 0.3) is 0 Å². The number of nitrogens with zero attached hydrogens (tertiary/aromatic N) is 1. The third-order valence-electron chi connectivity index (χ3n) is 4.51. The molecule has 2 aliphatic heterocycles. The molecule has 2 saturated heterocycles. The van der Waals surface area contributed by atoms with Gasteiger partial charge in [0.25, 0.3) is 0 Å². The summed E-state index contributed by atoms with van der Waals surface area (Å²) in [6, 6.07) is 1.02. The molecule has 2 heterocycles. The highest BCUT2D eigenvalue weighted by atomic mass is 16.6. The molecule has 0 radical (unpaired) electrons. The highest BCUT2D eigenvalue weighted by molar-refractivity contribution is 5.69. The van der Waals surface area contributed by atoms with Crippen LogP contribution >= 0.6 is 0 Å². The summed E-state index contributed by atoms with van der Waals surface area (Å²) in [5.41, 5.74) is -0.409. The third kappa shape index (κ3) is 5.96. The van der Waals surface area contributed by atoms with Crippen molar-refractivity contribution in [1.29, 1.82) is 0 Å². The van der Waals surface area contributed by atoms with Crippen LogP contribution in [0.4, 0.5) is 4.79 Å². The van der Waals surface area contributed by atoms with E-state index in [1.807, 2.05) is 20.8 Å². The van der Waals surface area contributed by atoms with E-state index in [2.05, 4.69) is 26.1 Å². The van der Waals surface area contributed by atoms with Gasteiger partial charge in [0.05, 0.1) is 12.2 Å². The van der Waals surface area contributed by atoms with E-state index < -0.39 is 5.60 Å². The number of rotatable bonds is 4. The predicted molar refractivity (Wildman–Crippen MR) is 91.5 cm³/mol. The molecular formula is C18H34N2O3. The molecule has 0 saturated carbocycles. The first kappa shape index (κ1) is 18.5. The lowest BCUT2D eigenvalue weighted by Gasteiger charge is -2.41. The summed E-state index contributed by atoms with van der Waals surface area (Å²) in [6.07, 6.45) is 3.79. The normalized spacial score (nSPS) is 30.7. The fourth-order valence-electron chi connectivity index (χ4n) is 3.71. The summed E-state index contributed by atoms with van der Waals surface area (Å²) < 4.78 is 11.2. The van der Waals surface area contributed by atoms with Gasteiger partial charge < -0.3 is 19.7 Å². The van der Waals surface area contributed by atoms with Crippen molar-refractivity contribution in [2.24, 2.45) is 5.92 Å². The van der Waals surface area contributed by atoms with Gasteiger partial charge in [0, 0.05) is 25.2 Å². The minimum atomic E-state index is -0.409. The fourth-order valence-corrected chi connectivity index (χ4v) is 3.71. The maximum atomic E-state index is 11.9. The molecule has 2 aliphatic rings. The highest BCUT2D eigenvalue weighted by Crippen LogP contribution is 2.25. The molecule has 1 amide bonds. The topological polar surface area (TPSA) is 50.8 Å². The number of nitrogens with one attached hydrogen (secondary N) is 1. The lowest BCUT2D eigenvalue weighted by atomic mass is 9.92. The van der Waals surface area contributed by atoms with Crippen molar-refractivity contribution in [2.75, 3.05) is 13.1 Å². The van der Waals surface area contributed by atoms with Gasteiger partial charge in [-0.1, -0.05) is 0 Å². The van der Waals surface area contributed by atoms with Gasteiger partial charge in [-0.2, -0.15) is 0 Å². The molecule has 4 atom stereocenters. The summed E-state index contributed by atoms with van der Waals surface area (Å²) in [5, 5.41) is 3.75. The van der Waals surface area contributed by atoms with Gasteiger partial charge in [-0.15, -0.1) is 0 Å². The number of hydrogen-bond acceptors (Lipinski definition) is 4. The fraction of sp³-hybridized carbons (Fsp3) is 0.944. The van der Waals surface area contributed by atoms with Gasteiger partial charge in [0.2, 0.25) is 0 Å². The number of carbonyl (C=O) groups is 1. The van der Waals surface area contributed by atoms with Gasteiger partial charge in [-0.05, 0) is 66.7 Å². The zero-order valence-electron chi connectivity index (χ0n) is 15.6. The second-order valence-corrected chi connectivity index (χ2v) is 8.48. The zero-order chi connectivity index (χ0) is 17.2. The lowest BCUT2D eigenvalue weighted by molar-refractivity contribution is -0.0444. The lowest BCUT2D eigenvalue weighted by Crippen LogP contribution is -2.53. The van der Waals surface area contributed by atoms with Crippen molar-refractivity contribution in [2.45, 2.75) is 90.7 Å². The molecule has 5 nitrogen and oxygen atoms in total. The monoisotopic (exact) mass is 326 g/mol. The minimum absolute atomic E-state index is 0.179. The Kier molecular flexibility index (Phi) is 5.95. The Morgan fingerprint density at radius 2 is 1.83 bits per heavy atom. The van der Waals surface area contributed by atoms with Gasteiger partial charge in [0.1, 0.15) is 5.60 Å². The van der Waals surface area contributed by atoms with Gasteiger partial charge in [-0.25, -0.2) is 4.79 Å². The summed E-state index contributed by atoms with van der Waals surface area (Å²) in [5.74, 6) is 0.583. The van der Waals surface area contributed by atoms with Crippen LogP contribution in [0, 0.1) is 5.92 Å². The quantitative estimate of drug-likeness (QED) is 0.862.